The van der Waals surface area contributed by atoms with Gasteiger partial charge in [-0.2, -0.15) is 0 Å². The molecule has 5 heteroatoms. The average Bonchev–Trinajstić information content (AvgIpc) is 2.83. The first-order chi connectivity index (χ1) is 10.0. The predicted octanol–water partition coefficient (Wildman–Crippen LogP) is 4.93. The van der Waals surface area contributed by atoms with Crippen LogP contribution in [0.3, 0.4) is 0 Å². The van der Waals surface area contributed by atoms with Crippen LogP contribution in [0.15, 0.2) is 40.9 Å². The van der Waals surface area contributed by atoms with E-state index in [1.54, 1.807) is 0 Å². The summed E-state index contributed by atoms with van der Waals surface area (Å²) in [6, 6.07) is 11.7. The second-order valence-corrected chi connectivity index (χ2v) is 6.74. The number of nitrogens with zero attached hydrogens (tertiary/aromatic N) is 1. The molecule has 0 radical (unpaired) electrons. The van der Waals surface area contributed by atoms with Crippen LogP contribution in [0.1, 0.15) is 21.5 Å². The van der Waals surface area contributed by atoms with Crippen molar-refractivity contribution in [1.82, 2.24) is 4.98 Å². The fraction of sp³-hybridized carbons (Fsp3) is 0.125. The monoisotopic (exact) mass is 360 g/mol. The zero-order valence-electron chi connectivity index (χ0n) is 11.6. The number of carbonyl (C=O) groups excluding carboxylic acids is 1. The highest BCUT2D eigenvalue weighted by molar-refractivity contribution is 9.10. The molecule has 0 fully saturated rings. The lowest BCUT2D eigenvalue weighted by molar-refractivity contribution is 0.102. The summed E-state index contributed by atoms with van der Waals surface area (Å²) in [6.45, 7) is 3.96. The van der Waals surface area contributed by atoms with E-state index in [4.69, 9.17) is 0 Å². The molecule has 1 heterocycles. The van der Waals surface area contributed by atoms with Crippen molar-refractivity contribution in [2.45, 2.75) is 13.8 Å². The maximum Gasteiger partial charge on any atom is 0.257 e. The Morgan fingerprint density at radius 2 is 2.05 bits per heavy atom. The van der Waals surface area contributed by atoms with E-state index >= 15 is 0 Å². The number of fused-ring (bicyclic) bond motifs is 1. The zero-order chi connectivity index (χ0) is 15.0. The lowest BCUT2D eigenvalue weighted by Gasteiger charge is -2.06. The first-order valence-electron chi connectivity index (χ1n) is 6.48. The highest BCUT2D eigenvalue weighted by atomic mass is 79.9. The van der Waals surface area contributed by atoms with Crippen molar-refractivity contribution in [1.29, 1.82) is 0 Å². The standard InChI is InChI=1S/C16H13BrN2OS/c1-9-6-7-13-14(8-9)21-16(18-13)19-15(20)11-4-3-5-12(17)10(11)2/h3-8H,1-2H3,(H,18,19,20). The highest BCUT2D eigenvalue weighted by Gasteiger charge is 2.13. The summed E-state index contributed by atoms with van der Waals surface area (Å²) in [6.07, 6.45) is 0. The van der Waals surface area contributed by atoms with Crippen LogP contribution in [-0.2, 0) is 0 Å². The molecule has 3 nitrogen and oxygen atoms in total. The number of thiazole rings is 1. The molecule has 0 aliphatic heterocycles. The normalized spacial score (nSPS) is 10.8. The summed E-state index contributed by atoms with van der Waals surface area (Å²) in [5, 5.41) is 3.51. The number of rotatable bonds is 2. The third-order valence-electron chi connectivity index (χ3n) is 3.28. The van der Waals surface area contributed by atoms with Gasteiger partial charge in [-0.25, -0.2) is 4.98 Å². The van der Waals surface area contributed by atoms with E-state index in [1.165, 1.54) is 16.9 Å². The van der Waals surface area contributed by atoms with Gasteiger partial charge in [0.05, 0.1) is 10.2 Å². The molecule has 0 saturated carbocycles. The molecule has 2 aromatic carbocycles. The lowest BCUT2D eigenvalue weighted by atomic mass is 10.1. The number of hydrogen-bond donors (Lipinski definition) is 1. The maximum absolute atomic E-state index is 12.4. The molecule has 1 aromatic heterocycles. The van der Waals surface area contributed by atoms with Crippen molar-refractivity contribution in [3.05, 3.63) is 57.6 Å². The molecule has 0 saturated heterocycles. The number of carbonyl (C=O) groups is 1. The van der Waals surface area contributed by atoms with Crippen LogP contribution >= 0.6 is 27.3 Å². The molecule has 3 rings (SSSR count). The molecular weight excluding hydrogens is 348 g/mol. The SMILES string of the molecule is Cc1ccc2nc(NC(=O)c3cccc(Br)c3C)sc2c1. The van der Waals surface area contributed by atoms with Crippen molar-refractivity contribution in [2.24, 2.45) is 0 Å². The quantitative estimate of drug-likeness (QED) is 0.703. The van der Waals surface area contributed by atoms with E-state index < -0.39 is 0 Å². The number of halogens is 1. The van der Waals surface area contributed by atoms with Gasteiger partial charge in [0.1, 0.15) is 0 Å². The van der Waals surface area contributed by atoms with Gasteiger partial charge in [-0.1, -0.05) is 39.4 Å². The third kappa shape index (κ3) is 2.84. The van der Waals surface area contributed by atoms with Crippen molar-refractivity contribution in [3.8, 4) is 0 Å². The molecule has 0 bridgehead atoms. The summed E-state index contributed by atoms with van der Waals surface area (Å²) in [5.74, 6) is -0.135. The molecule has 1 amide bonds. The van der Waals surface area contributed by atoms with Crippen LogP contribution in [0.5, 0.6) is 0 Å². The van der Waals surface area contributed by atoms with E-state index in [2.05, 4.69) is 32.3 Å². The molecule has 0 spiro atoms. The molecule has 21 heavy (non-hydrogen) atoms. The van der Waals surface area contributed by atoms with Crippen LogP contribution in [0, 0.1) is 13.8 Å². The van der Waals surface area contributed by atoms with Gasteiger partial charge in [0.15, 0.2) is 5.13 Å². The molecule has 3 aromatic rings. The zero-order valence-corrected chi connectivity index (χ0v) is 14.0. The largest absolute Gasteiger partial charge is 0.298 e. The molecular formula is C16H13BrN2OS. The number of benzene rings is 2. The topological polar surface area (TPSA) is 42.0 Å². The number of aryl methyl sites for hydroxylation is 1. The molecule has 0 aliphatic carbocycles. The molecule has 0 atom stereocenters. The molecule has 0 unspecified atom stereocenters. The smallest absolute Gasteiger partial charge is 0.257 e. The number of amides is 1. The van der Waals surface area contributed by atoms with Gasteiger partial charge in [0, 0.05) is 10.0 Å². The highest BCUT2D eigenvalue weighted by Crippen LogP contribution is 2.27. The number of anilines is 1. The Bertz CT molecular complexity index is 841. The minimum atomic E-state index is -0.135. The second-order valence-electron chi connectivity index (χ2n) is 4.86. The first kappa shape index (κ1) is 14.2. The average molecular weight is 361 g/mol. The van der Waals surface area contributed by atoms with Crippen LogP contribution in [0.25, 0.3) is 10.2 Å². The van der Waals surface area contributed by atoms with Gasteiger partial charge in [-0.15, -0.1) is 0 Å². The van der Waals surface area contributed by atoms with Crippen molar-refractivity contribution >= 4 is 48.5 Å². The van der Waals surface area contributed by atoms with Crippen LogP contribution < -0.4 is 5.32 Å². The number of nitrogens with one attached hydrogen (secondary N) is 1. The van der Waals surface area contributed by atoms with Gasteiger partial charge >= 0.3 is 0 Å². The Labute approximate surface area is 135 Å². The first-order valence-corrected chi connectivity index (χ1v) is 8.09. The van der Waals surface area contributed by atoms with E-state index in [1.807, 2.05) is 44.2 Å². The van der Waals surface area contributed by atoms with Crippen molar-refractivity contribution < 1.29 is 4.79 Å². The van der Waals surface area contributed by atoms with Crippen LogP contribution in [-0.4, -0.2) is 10.9 Å². The van der Waals surface area contributed by atoms with Gasteiger partial charge in [-0.3, -0.25) is 10.1 Å². The van der Waals surface area contributed by atoms with E-state index in [0.29, 0.717) is 10.7 Å². The summed E-state index contributed by atoms with van der Waals surface area (Å²) in [7, 11) is 0. The van der Waals surface area contributed by atoms with Crippen LogP contribution in [0.4, 0.5) is 5.13 Å². The number of hydrogen-bond acceptors (Lipinski definition) is 3. The predicted molar refractivity (Wildman–Crippen MR) is 91.2 cm³/mol. The third-order valence-corrected chi connectivity index (χ3v) is 5.07. The summed E-state index contributed by atoms with van der Waals surface area (Å²) in [4.78, 5) is 16.8. The minimum absolute atomic E-state index is 0.135. The van der Waals surface area contributed by atoms with E-state index in [9.17, 15) is 4.79 Å². The van der Waals surface area contributed by atoms with Gasteiger partial charge < -0.3 is 0 Å². The van der Waals surface area contributed by atoms with E-state index in [-0.39, 0.29) is 5.91 Å². The Balaban J connectivity index is 1.91. The van der Waals surface area contributed by atoms with Gasteiger partial charge in [0.2, 0.25) is 0 Å². The molecule has 1 N–H and O–H groups in total. The fourth-order valence-electron chi connectivity index (χ4n) is 2.10. The van der Waals surface area contributed by atoms with Crippen molar-refractivity contribution in [2.75, 3.05) is 5.32 Å². The van der Waals surface area contributed by atoms with E-state index in [0.717, 1.165) is 20.3 Å². The second kappa shape index (κ2) is 5.58. The molecule has 106 valence electrons. The van der Waals surface area contributed by atoms with Gasteiger partial charge in [0.25, 0.3) is 5.91 Å². The Morgan fingerprint density at radius 1 is 1.24 bits per heavy atom. The summed E-state index contributed by atoms with van der Waals surface area (Å²) in [5.41, 5.74) is 3.67. The van der Waals surface area contributed by atoms with Crippen LogP contribution in [0.2, 0.25) is 0 Å². The minimum Gasteiger partial charge on any atom is -0.298 e. The maximum atomic E-state index is 12.4. The van der Waals surface area contributed by atoms with Crippen molar-refractivity contribution in [3.63, 3.8) is 0 Å². The fourth-order valence-corrected chi connectivity index (χ4v) is 3.43. The molecule has 0 aliphatic rings. The Kier molecular flexibility index (Phi) is 3.78. The Morgan fingerprint density at radius 3 is 2.86 bits per heavy atom. The summed E-state index contributed by atoms with van der Waals surface area (Å²) >= 11 is 4.93. The Hall–Kier alpha value is -1.72. The lowest BCUT2D eigenvalue weighted by Crippen LogP contribution is -2.13. The van der Waals surface area contributed by atoms with Gasteiger partial charge in [-0.05, 0) is 49.2 Å². The number of aromatic nitrogens is 1. The summed E-state index contributed by atoms with van der Waals surface area (Å²) < 4.78 is 2.01.